The van der Waals surface area contributed by atoms with Crippen LogP contribution in [0, 0.1) is 5.92 Å². The maximum absolute atomic E-state index is 14.7. The third-order valence-electron chi connectivity index (χ3n) is 13.1. The molecule has 3 heterocycles. The van der Waals surface area contributed by atoms with Gasteiger partial charge in [0, 0.05) is 84.6 Å². The number of esters is 3. The number of hydrogen-bond donors (Lipinski definition) is 0. The molecule has 24 nitrogen and oxygen atoms in total. The molecule has 0 fully saturated rings. The van der Waals surface area contributed by atoms with Crippen molar-refractivity contribution in [1.29, 1.82) is 0 Å². The van der Waals surface area contributed by atoms with Crippen molar-refractivity contribution >= 4 is 127 Å². The van der Waals surface area contributed by atoms with Crippen LogP contribution in [0.5, 0.6) is 34.5 Å². The van der Waals surface area contributed by atoms with Crippen molar-refractivity contribution in [3.05, 3.63) is 39.3 Å². The van der Waals surface area contributed by atoms with E-state index in [9.17, 15) is 43.2 Å². The maximum atomic E-state index is 14.7. The topological polar surface area (TPSA) is 292 Å². The highest BCUT2D eigenvalue weighted by Crippen LogP contribution is 2.73. The normalized spacial score (nSPS) is 14.5. The van der Waals surface area contributed by atoms with Crippen molar-refractivity contribution in [2.24, 2.45) is 0 Å². The molecule has 463 valence electrons. The van der Waals surface area contributed by atoms with Crippen LogP contribution in [0.25, 0.3) is 0 Å². The number of benzene rings is 3. The van der Waals surface area contributed by atoms with E-state index in [1.165, 1.54) is 113 Å². The molecule has 1 radical (unpaired) electrons. The van der Waals surface area contributed by atoms with Gasteiger partial charge in [-0.2, -0.15) is 0 Å². The zero-order valence-electron chi connectivity index (χ0n) is 47.8. The molecule has 0 aliphatic carbocycles. The minimum absolute atomic E-state index is 0.0743. The van der Waals surface area contributed by atoms with Crippen molar-refractivity contribution in [2.75, 3.05) is 102 Å². The Morgan fingerprint density at radius 1 is 0.318 bits per heavy atom. The Bertz CT molecular complexity index is 2610. The number of carbonyl (C=O) groups excluding carboxylic acids is 9. The number of rotatable bonds is 39. The quantitative estimate of drug-likeness (QED) is 0.0170. The Kier molecular flexibility index (Phi) is 25.5. The van der Waals surface area contributed by atoms with Crippen molar-refractivity contribution in [3.8, 4) is 34.5 Å². The molecule has 0 saturated heterocycles. The van der Waals surface area contributed by atoms with Gasteiger partial charge >= 0.3 is 17.9 Å². The Balaban J connectivity index is 2.01. The molecule has 0 N–H and O–H groups in total. The second kappa shape index (κ2) is 32.0. The van der Waals surface area contributed by atoms with Crippen LogP contribution in [0.3, 0.4) is 0 Å². The highest BCUT2D eigenvalue weighted by molar-refractivity contribution is 8.21. The summed E-state index contributed by atoms with van der Waals surface area (Å²) in [5.74, 6) is -3.03. The SMILES string of the molecule is CCOC(=O)c1c(OC)c(OC)c([C](c2c(OC)c(OC)c(C(=O)OCC)c3c2SC(CCOC=O)(CCOC=O)S3)c2c(OC)c(OC)c(C(=O)OCC)c3c2SC(CCOC=O)(CCOC=O)S3)c2c1SC(CCOC=O)(CCOC=O)S2. The van der Waals surface area contributed by atoms with E-state index < -0.39 is 30.1 Å². The van der Waals surface area contributed by atoms with Gasteiger partial charge < -0.3 is 71.1 Å². The van der Waals surface area contributed by atoms with Gasteiger partial charge in [-0.05, 0) is 20.8 Å². The highest BCUT2D eigenvalue weighted by Gasteiger charge is 2.54. The smallest absolute Gasteiger partial charge is 0.343 e. The predicted octanol–water partition coefficient (Wildman–Crippen LogP) is 8.35. The zero-order chi connectivity index (χ0) is 61.9. The van der Waals surface area contributed by atoms with E-state index in [2.05, 4.69) is 0 Å². The molecule has 0 bridgehead atoms. The van der Waals surface area contributed by atoms with E-state index in [1.807, 2.05) is 0 Å². The first-order chi connectivity index (χ1) is 41.2. The fraction of sp³-hybridized carbons (Fsp3) is 0.491. The van der Waals surface area contributed by atoms with Crippen LogP contribution in [0.1, 0.15) is 107 Å². The summed E-state index contributed by atoms with van der Waals surface area (Å²) in [5, 5.41) is 0. The van der Waals surface area contributed by atoms with Crippen molar-refractivity contribution in [3.63, 3.8) is 0 Å². The third-order valence-corrected chi connectivity index (χ3v) is 23.4. The van der Waals surface area contributed by atoms with Crippen LogP contribution in [0.4, 0.5) is 0 Å². The molecular formula is C55H63O24S6. The summed E-state index contributed by atoms with van der Waals surface area (Å²) >= 11 is 7.22. The molecular weight excluding hydrogens is 1240 g/mol. The zero-order valence-corrected chi connectivity index (χ0v) is 52.7. The van der Waals surface area contributed by atoms with E-state index in [0.29, 0.717) is 53.5 Å². The van der Waals surface area contributed by atoms with Gasteiger partial charge in [-0.25, -0.2) is 14.4 Å². The fourth-order valence-corrected chi connectivity index (χ4v) is 19.8. The van der Waals surface area contributed by atoms with Gasteiger partial charge in [0.25, 0.3) is 38.8 Å². The number of ether oxygens (including phenoxy) is 15. The van der Waals surface area contributed by atoms with Gasteiger partial charge in [-0.1, -0.05) is 0 Å². The van der Waals surface area contributed by atoms with Gasteiger partial charge in [0.2, 0.25) is 0 Å². The number of carbonyl (C=O) groups is 9. The number of hydrogen-bond acceptors (Lipinski definition) is 30. The standard InChI is InChI=1S/C55H63O24S6/c1-10-77-50(62)35-41(68-7)38(65-4)32(44-47(35)83-53(80-44,13-19-71-25-56)14-20-72-26-57)31(33-39(66-5)42(69-8)36(51(63)78-11-2)48-45(33)81-54(84-48,15-21-73-27-58)16-22-74-28-59)34-40(67-6)43(70-9)37(52(64)79-12-3)49-46(34)82-55(85-49,17-23-75-29-60)18-24-76-30-61/h25-30H,10-24H2,1-9H3. The first-order valence-corrected chi connectivity index (χ1v) is 30.9. The molecule has 85 heavy (non-hydrogen) atoms. The van der Waals surface area contributed by atoms with Crippen LogP contribution in [-0.2, 0) is 71.4 Å². The van der Waals surface area contributed by atoms with Crippen LogP contribution < -0.4 is 28.4 Å². The second-order valence-electron chi connectivity index (χ2n) is 17.6. The van der Waals surface area contributed by atoms with Gasteiger partial charge in [0.1, 0.15) is 16.7 Å². The summed E-state index contributed by atoms with van der Waals surface area (Å²) in [4.78, 5) is 117. The Morgan fingerprint density at radius 2 is 0.494 bits per heavy atom. The molecule has 30 heteroatoms. The van der Waals surface area contributed by atoms with Gasteiger partial charge in [-0.15, -0.1) is 70.6 Å². The fourth-order valence-electron chi connectivity index (χ4n) is 9.70. The first-order valence-electron chi connectivity index (χ1n) is 26.0. The van der Waals surface area contributed by atoms with Crippen LogP contribution >= 0.6 is 70.6 Å². The molecule has 0 atom stereocenters. The Hall–Kier alpha value is -6.21. The molecule has 6 rings (SSSR count). The minimum Gasteiger partial charge on any atom is -0.492 e. The number of fused-ring (bicyclic) bond motifs is 3. The minimum atomic E-state index is -1.14. The lowest BCUT2D eigenvalue weighted by molar-refractivity contribution is -0.130. The molecule has 3 aliphatic heterocycles. The summed E-state index contributed by atoms with van der Waals surface area (Å²) in [5.41, 5.74) is 0.237. The molecule has 0 unspecified atom stereocenters. The molecule has 3 aromatic rings. The van der Waals surface area contributed by atoms with Crippen LogP contribution in [0.2, 0.25) is 0 Å². The Labute approximate surface area is 515 Å². The van der Waals surface area contributed by atoms with Crippen molar-refractivity contribution in [1.82, 2.24) is 0 Å². The highest BCUT2D eigenvalue weighted by atomic mass is 32.2. The molecule has 0 spiro atoms. The van der Waals surface area contributed by atoms with Crippen molar-refractivity contribution < 1.29 is 114 Å². The van der Waals surface area contributed by atoms with E-state index in [1.54, 1.807) is 20.8 Å². The summed E-state index contributed by atoms with van der Waals surface area (Å²) in [6.07, 6.45) is 0.516. The monoisotopic (exact) mass is 1300 g/mol. The summed E-state index contributed by atoms with van der Waals surface area (Å²) in [7, 11) is 8.01. The summed E-state index contributed by atoms with van der Waals surface area (Å²) < 4.78 is 84.2. The second-order valence-corrected chi connectivity index (χ2v) is 26.7. The molecule has 3 aliphatic rings. The van der Waals surface area contributed by atoms with Crippen LogP contribution in [-0.4, -0.2) is 171 Å². The average Bonchev–Trinajstić information content (AvgIpc) is 2.08. The predicted molar refractivity (Wildman–Crippen MR) is 310 cm³/mol. The number of thioether (sulfide) groups is 6. The van der Waals surface area contributed by atoms with Crippen molar-refractivity contribution in [2.45, 2.75) is 101 Å². The third kappa shape index (κ3) is 14.3. The number of methoxy groups -OCH3 is 6. The molecule has 0 aromatic heterocycles. The lowest BCUT2D eigenvalue weighted by atomic mass is 9.81. The van der Waals surface area contributed by atoms with E-state index in [4.69, 9.17) is 71.1 Å². The largest absolute Gasteiger partial charge is 0.492 e. The van der Waals surface area contributed by atoms with E-state index >= 15 is 0 Å². The van der Waals surface area contributed by atoms with E-state index in [-0.39, 0.29) is 186 Å². The van der Waals surface area contributed by atoms with Crippen LogP contribution in [0.15, 0.2) is 29.4 Å². The van der Waals surface area contributed by atoms with Gasteiger partial charge in [0.05, 0.1) is 120 Å². The van der Waals surface area contributed by atoms with Gasteiger partial charge in [-0.3, -0.25) is 28.8 Å². The maximum Gasteiger partial charge on any atom is 0.343 e. The molecule has 0 saturated carbocycles. The lowest BCUT2D eigenvalue weighted by Crippen LogP contribution is -2.23. The molecule has 3 aromatic carbocycles. The molecule has 0 amide bonds. The average molecular weight is 1300 g/mol. The first kappa shape index (κ1) is 67.9. The van der Waals surface area contributed by atoms with E-state index in [0.717, 1.165) is 0 Å². The summed E-state index contributed by atoms with van der Waals surface area (Å²) in [6.45, 7) is 5.49. The van der Waals surface area contributed by atoms with Gasteiger partial charge in [0.15, 0.2) is 34.5 Å². The Morgan fingerprint density at radius 3 is 0.659 bits per heavy atom. The summed E-state index contributed by atoms with van der Waals surface area (Å²) in [6, 6.07) is 0. The lowest BCUT2D eigenvalue weighted by Gasteiger charge is -2.32.